The second-order valence-electron chi connectivity index (χ2n) is 3.59. The van der Waals surface area contributed by atoms with Gasteiger partial charge in [-0.3, -0.25) is 9.31 Å². The standard InChI is InChI=1S/C11H10N4O/c16-11-5-10-3-1-2-4-14(10)15(11)7-9-6-12-8-13-9/h1-6,8H,7H2,(H,12,13). The molecule has 0 spiro atoms. The van der Waals surface area contributed by atoms with Crippen LogP contribution in [0.4, 0.5) is 0 Å². The maximum absolute atomic E-state index is 11.8. The summed E-state index contributed by atoms with van der Waals surface area (Å²) in [5, 5.41) is 0. The van der Waals surface area contributed by atoms with Gasteiger partial charge in [-0.25, -0.2) is 9.67 Å². The van der Waals surface area contributed by atoms with Gasteiger partial charge in [0.1, 0.15) is 0 Å². The largest absolute Gasteiger partial charge is 0.347 e. The zero-order valence-electron chi connectivity index (χ0n) is 8.50. The van der Waals surface area contributed by atoms with Gasteiger partial charge in [-0.15, -0.1) is 0 Å². The van der Waals surface area contributed by atoms with Gasteiger partial charge in [0.15, 0.2) is 0 Å². The lowest BCUT2D eigenvalue weighted by Crippen LogP contribution is -2.19. The van der Waals surface area contributed by atoms with Crippen molar-refractivity contribution >= 4 is 5.52 Å². The van der Waals surface area contributed by atoms with Crippen molar-refractivity contribution in [2.75, 3.05) is 0 Å². The van der Waals surface area contributed by atoms with Crippen molar-refractivity contribution in [3.05, 3.63) is 59.0 Å². The molecule has 3 heterocycles. The van der Waals surface area contributed by atoms with E-state index in [2.05, 4.69) is 9.97 Å². The number of hydrogen-bond acceptors (Lipinski definition) is 2. The Balaban J connectivity index is 2.16. The van der Waals surface area contributed by atoms with E-state index in [0.717, 1.165) is 11.2 Å². The molecule has 3 aromatic heterocycles. The molecule has 0 atom stereocenters. The first-order valence-electron chi connectivity index (χ1n) is 4.99. The minimum absolute atomic E-state index is 0.0131. The fraction of sp³-hybridized carbons (Fsp3) is 0.0909. The van der Waals surface area contributed by atoms with Crippen LogP contribution in [0, 0.1) is 0 Å². The fourth-order valence-corrected chi connectivity index (χ4v) is 1.78. The topological polar surface area (TPSA) is 55.1 Å². The number of imidazole rings is 1. The third-order valence-corrected chi connectivity index (χ3v) is 2.53. The molecule has 80 valence electrons. The van der Waals surface area contributed by atoms with E-state index in [1.165, 1.54) is 0 Å². The van der Waals surface area contributed by atoms with E-state index >= 15 is 0 Å². The van der Waals surface area contributed by atoms with Crippen molar-refractivity contribution in [2.45, 2.75) is 6.54 Å². The van der Waals surface area contributed by atoms with Crippen LogP contribution in [0.5, 0.6) is 0 Å². The number of fused-ring (bicyclic) bond motifs is 1. The van der Waals surface area contributed by atoms with Gasteiger partial charge in [0, 0.05) is 18.5 Å². The molecule has 5 nitrogen and oxygen atoms in total. The number of pyridine rings is 1. The number of rotatable bonds is 2. The van der Waals surface area contributed by atoms with Crippen LogP contribution in [-0.4, -0.2) is 19.2 Å². The first-order chi connectivity index (χ1) is 7.84. The van der Waals surface area contributed by atoms with E-state index in [9.17, 15) is 4.79 Å². The number of aromatic nitrogens is 4. The Morgan fingerprint density at radius 3 is 3.12 bits per heavy atom. The van der Waals surface area contributed by atoms with E-state index < -0.39 is 0 Å². The summed E-state index contributed by atoms with van der Waals surface area (Å²) < 4.78 is 3.49. The fourth-order valence-electron chi connectivity index (χ4n) is 1.78. The Bertz CT molecular complexity index is 663. The van der Waals surface area contributed by atoms with Gasteiger partial charge >= 0.3 is 0 Å². The molecule has 0 aliphatic carbocycles. The predicted octanol–water partition coefficient (Wildman–Crippen LogP) is 0.872. The molecule has 0 saturated heterocycles. The van der Waals surface area contributed by atoms with E-state index in [4.69, 9.17) is 0 Å². The zero-order chi connectivity index (χ0) is 11.0. The third kappa shape index (κ3) is 1.33. The van der Waals surface area contributed by atoms with Crippen LogP contribution in [0.25, 0.3) is 5.52 Å². The van der Waals surface area contributed by atoms with Crippen LogP contribution >= 0.6 is 0 Å². The molecule has 5 heteroatoms. The Labute approximate surface area is 91.0 Å². The molecule has 16 heavy (non-hydrogen) atoms. The molecule has 0 aliphatic rings. The molecule has 0 aromatic carbocycles. The molecule has 0 saturated carbocycles. The lowest BCUT2D eigenvalue weighted by molar-refractivity contribution is 0.610. The van der Waals surface area contributed by atoms with E-state index in [1.807, 2.05) is 28.9 Å². The Kier molecular flexibility index (Phi) is 1.89. The first-order valence-corrected chi connectivity index (χ1v) is 4.99. The first kappa shape index (κ1) is 8.96. The summed E-state index contributed by atoms with van der Waals surface area (Å²) in [6.07, 6.45) is 5.19. The van der Waals surface area contributed by atoms with Gasteiger partial charge in [-0.1, -0.05) is 6.07 Å². The number of H-pyrrole nitrogens is 1. The summed E-state index contributed by atoms with van der Waals surface area (Å²) in [5.74, 6) is 0. The second-order valence-corrected chi connectivity index (χ2v) is 3.59. The maximum atomic E-state index is 11.8. The molecule has 1 N–H and O–H groups in total. The molecule has 0 amide bonds. The van der Waals surface area contributed by atoms with Crippen LogP contribution < -0.4 is 5.56 Å². The third-order valence-electron chi connectivity index (χ3n) is 2.53. The van der Waals surface area contributed by atoms with Gasteiger partial charge in [-0.2, -0.15) is 0 Å². The normalized spacial score (nSPS) is 11.0. The summed E-state index contributed by atoms with van der Waals surface area (Å²) >= 11 is 0. The smallest absolute Gasteiger partial charge is 0.267 e. The van der Waals surface area contributed by atoms with E-state index in [0.29, 0.717) is 6.54 Å². The highest BCUT2D eigenvalue weighted by molar-refractivity contribution is 5.44. The Morgan fingerprint density at radius 1 is 1.38 bits per heavy atom. The molecule has 3 aromatic rings. The average molecular weight is 214 g/mol. The van der Waals surface area contributed by atoms with Crippen molar-refractivity contribution in [2.24, 2.45) is 0 Å². The number of aromatic amines is 1. The monoisotopic (exact) mass is 214 g/mol. The highest BCUT2D eigenvalue weighted by Gasteiger charge is 2.04. The molecule has 0 radical (unpaired) electrons. The number of nitrogens with zero attached hydrogens (tertiary/aromatic N) is 3. The average Bonchev–Trinajstić information content (AvgIpc) is 2.89. The number of hydrogen-bond donors (Lipinski definition) is 1. The van der Waals surface area contributed by atoms with E-state index in [-0.39, 0.29) is 5.56 Å². The van der Waals surface area contributed by atoms with Gasteiger partial charge < -0.3 is 4.98 Å². The zero-order valence-corrected chi connectivity index (χ0v) is 8.50. The minimum atomic E-state index is -0.0131. The molecular weight excluding hydrogens is 204 g/mol. The lowest BCUT2D eigenvalue weighted by atomic mass is 10.4. The Hall–Kier alpha value is -2.30. The van der Waals surface area contributed by atoms with Crippen molar-refractivity contribution in [3.63, 3.8) is 0 Å². The van der Waals surface area contributed by atoms with E-state index in [1.54, 1.807) is 23.3 Å². The summed E-state index contributed by atoms with van der Waals surface area (Å²) in [6, 6.07) is 7.34. The van der Waals surface area contributed by atoms with Crippen molar-refractivity contribution in [1.29, 1.82) is 0 Å². The highest BCUT2D eigenvalue weighted by Crippen LogP contribution is 2.02. The summed E-state index contributed by atoms with van der Waals surface area (Å²) in [7, 11) is 0. The summed E-state index contributed by atoms with van der Waals surface area (Å²) in [4.78, 5) is 18.7. The summed E-state index contributed by atoms with van der Waals surface area (Å²) in [5.41, 5.74) is 1.79. The minimum Gasteiger partial charge on any atom is -0.347 e. The molecule has 0 aliphatic heterocycles. The van der Waals surface area contributed by atoms with Crippen molar-refractivity contribution in [3.8, 4) is 0 Å². The van der Waals surface area contributed by atoms with Crippen molar-refractivity contribution < 1.29 is 0 Å². The molecule has 0 bridgehead atoms. The molecule has 0 unspecified atom stereocenters. The van der Waals surface area contributed by atoms with Crippen LogP contribution in [0.3, 0.4) is 0 Å². The number of nitrogens with one attached hydrogen (secondary N) is 1. The van der Waals surface area contributed by atoms with Gasteiger partial charge in [0.2, 0.25) is 0 Å². The predicted molar refractivity (Wildman–Crippen MR) is 59.3 cm³/mol. The van der Waals surface area contributed by atoms with Crippen molar-refractivity contribution in [1.82, 2.24) is 19.2 Å². The SMILES string of the molecule is O=c1cc2ccccn2n1Cc1cnc[nH]1. The van der Waals surface area contributed by atoms with Gasteiger partial charge in [-0.05, 0) is 12.1 Å². The maximum Gasteiger partial charge on any atom is 0.267 e. The van der Waals surface area contributed by atoms with Crippen LogP contribution in [0.1, 0.15) is 5.69 Å². The van der Waals surface area contributed by atoms with Crippen LogP contribution in [0.2, 0.25) is 0 Å². The molecule has 3 rings (SSSR count). The van der Waals surface area contributed by atoms with Crippen LogP contribution in [0.15, 0.2) is 47.8 Å². The lowest BCUT2D eigenvalue weighted by Gasteiger charge is -2.03. The Morgan fingerprint density at radius 2 is 2.31 bits per heavy atom. The molecular formula is C11H10N4O. The quantitative estimate of drug-likeness (QED) is 0.688. The summed E-state index contributed by atoms with van der Waals surface area (Å²) in [6.45, 7) is 0.497. The van der Waals surface area contributed by atoms with Gasteiger partial charge in [0.05, 0.1) is 24.1 Å². The van der Waals surface area contributed by atoms with Crippen LogP contribution in [-0.2, 0) is 6.54 Å². The molecule has 0 fully saturated rings. The second kappa shape index (κ2) is 3.37. The highest BCUT2D eigenvalue weighted by atomic mass is 16.1. The van der Waals surface area contributed by atoms with Gasteiger partial charge in [0.25, 0.3) is 5.56 Å².